The van der Waals surface area contributed by atoms with Crippen LogP contribution >= 0.6 is 11.6 Å². The lowest BCUT2D eigenvalue weighted by atomic mass is 10.1. The molecule has 3 atom stereocenters. The van der Waals surface area contributed by atoms with E-state index in [1.807, 2.05) is 51.0 Å². The minimum absolute atomic E-state index is 0.0252. The number of rotatable bonds is 6. The van der Waals surface area contributed by atoms with Crippen molar-refractivity contribution in [1.82, 2.24) is 10.2 Å². The van der Waals surface area contributed by atoms with Crippen molar-refractivity contribution in [2.75, 3.05) is 20.6 Å². The van der Waals surface area contributed by atoms with Gasteiger partial charge in [-0.2, -0.15) is 0 Å². The smallest absolute Gasteiger partial charge is 0.307 e. The minimum Gasteiger partial charge on any atom is -0.481 e. The molecule has 0 heterocycles. The molecule has 0 radical (unpaired) electrons. The standard InChI is InChI=1S/C17H23ClN2O3/c1-17(2)13(14(17)16(22)23)15(21)19-9-12(20(3)4)10-6-5-7-11(18)8-10/h5-8,12-14H,9H2,1-4H3,(H,19,21)(H,22,23)/t12-,13+,14-/m1/s1. The summed E-state index contributed by atoms with van der Waals surface area (Å²) in [4.78, 5) is 25.5. The van der Waals surface area contributed by atoms with Crippen molar-refractivity contribution in [3.63, 3.8) is 0 Å². The largest absolute Gasteiger partial charge is 0.481 e. The van der Waals surface area contributed by atoms with E-state index in [0.29, 0.717) is 11.6 Å². The van der Waals surface area contributed by atoms with Gasteiger partial charge in [0.2, 0.25) is 5.91 Å². The summed E-state index contributed by atoms with van der Waals surface area (Å²) >= 11 is 6.04. The van der Waals surface area contributed by atoms with Gasteiger partial charge in [0.1, 0.15) is 0 Å². The predicted molar refractivity (Wildman–Crippen MR) is 89.3 cm³/mol. The summed E-state index contributed by atoms with van der Waals surface area (Å²) in [7, 11) is 3.86. The van der Waals surface area contributed by atoms with Gasteiger partial charge in [-0.25, -0.2) is 0 Å². The van der Waals surface area contributed by atoms with E-state index in [0.717, 1.165) is 5.56 Å². The first-order valence-electron chi connectivity index (χ1n) is 7.58. The Morgan fingerprint density at radius 3 is 2.48 bits per heavy atom. The van der Waals surface area contributed by atoms with Crippen molar-refractivity contribution < 1.29 is 14.7 Å². The molecule has 1 saturated carbocycles. The molecule has 1 fully saturated rings. The number of nitrogens with zero attached hydrogens (tertiary/aromatic N) is 1. The Labute approximate surface area is 141 Å². The molecule has 23 heavy (non-hydrogen) atoms. The van der Waals surface area contributed by atoms with Crippen LogP contribution in [0.25, 0.3) is 0 Å². The maximum Gasteiger partial charge on any atom is 0.307 e. The van der Waals surface area contributed by atoms with Gasteiger partial charge in [-0.3, -0.25) is 9.59 Å². The summed E-state index contributed by atoms with van der Waals surface area (Å²) in [6, 6.07) is 7.49. The number of hydrogen-bond donors (Lipinski definition) is 2. The minimum atomic E-state index is -0.908. The number of amides is 1. The van der Waals surface area contributed by atoms with E-state index in [9.17, 15) is 14.7 Å². The highest BCUT2D eigenvalue weighted by molar-refractivity contribution is 6.30. The van der Waals surface area contributed by atoms with Crippen LogP contribution in [0.15, 0.2) is 24.3 Å². The van der Waals surface area contributed by atoms with E-state index in [1.165, 1.54) is 0 Å². The molecular formula is C17H23ClN2O3. The molecular weight excluding hydrogens is 316 g/mol. The number of halogens is 1. The number of nitrogens with one attached hydrogen (secondary N) is 1. The number of carboxylic acids is 1. The lowest BCUT2D eigenvalue weighted by molar-refractivity contribution is -0.140. The molecule has 6 heteroatoms. The molecule has 1 aliphatic rings. The van der Waals surface area contributed by atoms with Crippen LogP contribution in [0.1, 0.15) is 25.5 Å². The number of carboxylic acid groups (broad SMARTS) is 1. The van der Waals surface area contributed by atoms with Crippen molar-refractivity contribution >= 4 is 23.5 Å². The Bertz CT molecular complexity index is 616. The Morgan fingerprint density at radius 1 is 1.35 bits per heavy atom. The average Bonchev–Trinajstić information content (AvgIpc) is 3.01. The fourth-order valence-electron chi connectivity index (χ4n) is 3.21. The molecule has 1 aromatic carbocycles. The van der Waals surface area contributed by atoms with Gasteiger partial charge in [-0.05, 0) is 37.2 Å². The van der Waals surface area contributed by atoms with Gasteiger partial charge < -0.3 is 15.3 Å². The van der Waals surface area contributed by atoms with E-state index in [4.69, 9.17) is 11.6 Å². The van der Waals surface area contributed by atoms with Gasteiger partial charge in [0.25, 0.3) is 0 Å². The van der Waals surface area contributed by atoms with E-state index in [2.05, 4.69) is 5.32 Å². The van der Waals surface area contributed by atoms with Crippen LogP contribution in [0, 0.1) is 17.3 Å². The summed E-state index contributed by atoms with van der Waals surface area (Å²) in [6.07, 6.45) is 0. The van der Waals surface area contributed by atoms with E-state index in [-0.39, 0.29) is 11.9 Å². The third-order valence-electron chi connectivity index (χ3n) is 4.70. The van der Waals surface area contributed by atoms with E-state index in [1.54, 1.807) is 6.07 Å². The maximum atomic E-state index is 12.3. The molecule has 1 aliphatic carbocycles. The molecule has 0 saturated heterocycles. The molecule has 1 aromatic rings. The highest BCUT2D eigenvalue weighted by Gasteiger charge is 2.65. The normalized spacial score (nSPS) is 23.4. The van der Waals surface area contributed by atoms with Gasteiger partial charge in [0.05, 0.1) is 17.9 Å². The van der Waals surface area contributed by atoms with Crippen molar-refractivity contribution in [2.45, 2.75) is 19.9 Å². The van der Waals surface area contributed by atoms with Crippen molar-refractivity contribution in [3.8, 4) is 0 Å². The summed E-state index contributed by atoms with van der Waals surface area (Å²) in [6.45, 7) is 4.04. The molecule has 1 amide bonds. The fraction of sp³-hybridized carbons (Fsp3) is 0.529. The van der Waals surface area contributed by atoms with Crippen molar-refractivity contribution in [3.05, 3.63) is 34.9 Å². The first kappa shape index (κ1) is 17.8. The highest BCUT2D eigenvalue weighted by Crippen LogP contribution is 2.58. The molecule has 5 nitrogen and oxygen atoms in total. The summed E-state index contributed by atoms with van der Waals surface area (Å²) in [5.74, 6) is -2.18. The Balaban J connectivity index is 2.03. The Morgan fingerprint density at radius 2 is 2.00 bits per heavy atom. The van der Waals surface area contributed by atoms with Crippen molar-refractivity contribution in [1.29, 1.82) is 0 Å². The van der Waals surface area contributed by atoms with Crippen LogP contribution < -0.4 is 5.32 Å². The predicted octanol–water partition coefficient (Wildman–Crippen LogP) is 2.42. The SMILES string of the molecule is CN(C)[C@H](CNC(=O)[C@@H]1[C@H](C(=O)O)C1(C)C)c1cccc(Cl)c1. The Hall–Kier alpha value is -1.59. The second kappa shape index (κ2) is 6.49. The van der Waals surface area contributed by atoms with Crippen LogP contribution in [-0.2, 0) is 9.59 Å². The van der Waals surface area contributed by atoms with E-state index >= 15 is 0 Å². The van der Waals surface area contributed by atoms with Gasteiger partial charge in [-0.15, -0.1) is 0 Å². The van der Waals surface area contributed by atoms with Gasteiger partial charge in [-0.1, -0.05) is 37.6 Å². The molecule has 0 aliphatic heterocycles. The second-order valence-corrected chi connectivity index (χ2v) is 7.33. The highest BCUT2D eigenvalue weighted by atomic mass is 35.5. The number of likely N-dealkylation sites (N-methyl/N-ethyl adjacent to an activating group) is 1. The number of carbonyl (C=O) groups is 2. The first-order chi connectivity index (χ1) is 10.7. The summed E-state index contributed by atoms with van der Waals surface area (Å²) in [5.41, 5.74) is 0.521. The number of benzene rings is 1. The molecule has 2 N–H and O–H groups in total. The first-order valence-corrected chi connectivity index (χ1v) is 7.96. The molecule has 2 rings (SSSR count). The topological polar surface area (TPSA) is 69.6 Å². The zero-order valence-corrected chi connectivity index (χ0v) is 14.6. The third kappa shape index (κ3) is 3.67. The van der Waals surface area contributed by atoms with E-state index < -0.39 is 23.2 Å². The maximum absolute atomic E-state index is 12.3. The number of aliphatic carboxylic acids is 1. The van der Waals surface area contributed by atoms with Crippen LogP contribution in [0.5, 0.6) is 0 Å². The fourth-order valence-corrected chi connectivity index (χ4v) is 3.41. The molecule has 0 spiro atoms. The molecule has 0 bridgehead atoms. The van der Waals surface area contributed by atoms with Crippen LogP contribution in [0.4, 0.5) is 0 Å². The monoisotopic (exact) mass is 338 g/mol. The number of hydrogen-bond acceptors (Lipinski definition) is 3. The number of carbonyl (C=O) groups excluding carboxylic acids is 1. The summed E-state index contributed by atoms with van der Waals surface area (Å²) < 4.78 is 0. The van der Waals surface area contributed by atoms with Gasteiger partial charge in [0.15, 0.2) is 0 Å². The van der Waals surface area contributed by atoms with Crippen LogP contribution in [-0.4, -0.2) is 42.5 Å². The molecule has 0 unspecified atom stereocenters. The zero-order valence-electron chi connectivity index (χ0n) is 13.8. The van der Waals surface area contributed by atoms with Crippen LogP contribution in [0.2, 0.25) is 5.02 Å². The van der Waals surface area contributed by atoms with Crippen molar-refractivity contribution in [2.24, 2.45) is 17.3 Å². The quantitative estimate of drug-likeness (QED) is 0.835. The molecule has 0 aromatic heterocycles. The lowest BCUT2D eigenvalue weighted by Gasteiger charge is -2.25. The average molecular weight is 339 g/mol. The second-order valence-electron chi connectivity index (χ2n) is 6.89. The van der Waals surface area contributed by atoms with Gasteiger partial charge >= 0.3 is 5.97 Å². The summed E-state index contributed by atoms with van der Waals surface area (Å²) in [5, 5.41) is 12.7. The van der Waals surface area contributed by atoms with Gasteiger partial charge in [0, 0.05) is 11.6 Å². The Kier molecular flexibility index (Phi) is 5.01. The van der Waals surface area contributed by atoms with Crippen LogP contribution in [0.3, 0.4) is 0 Å². The lowest BCUT2D eigenvalue weighted by Crippen LogP contribution is -2.36. The third-order valence-corrected chi connectivity index (χ3v) is 4.94. The zero-order chi connectivity index (χ0) is 17.4. The molecule has 126 valence electrons.